The van der Waals surface area contributed by atoms with Crippen molar-refractivity contribution in [3.8, 4) is 23.3 Å². The zero-order valence-corrected chi connectivity index (χ0v) is 12.8. The van der Waals surface area contributed by atoms with Gasteiger partial charge in [-0.25, -0.2) is 4.68 Å². The van der Waals surface area contributed by atoms with Crippen molar-refractivity contribution in [2.75, 3.05) is 0 Å². The standard InChI is InChI=1S/C18H16N4O/c1-2-6-18-17(13-19)20-21-22(18)14-9-11-16(12-10-14)23-15-7-4-3-5-8-15/h3-5,7-12H,2,6H2,1H3. The van der Waals surface area contributed by atoms with Crippen LogP contribution in [0.25, 0.3) is 5.69 Å². The fraction of sp³-hybridized carbons (Fsp3) is 0.167. The molecule has 2 aromatic carbocycles. The molecule has 5 nitrogen and oxygen atoms in total. The van der Waals surface area contributed by atoms with E-state index in [9.17, 15) is 0 Å². The summed E-state index contributed by atoms with van der Waals surface area (Å²) in [5.74, 6) is 1.54. The zero-order valence-electron chi connectivity index (χ0n) is 12.8. The molecule has 0 aliphatic carbocycles. The predicted molar refractivity (Wildman–Crippen MR) is 86.6 cm³/mol. The molecule has 0 saturated carbocycles. The van der Waals surface area contributed by atoms with Crippen LogP contribution in [0.5, 0.6) is 11.5 Å². The van der Waals surface area contributed by atoms with Gasteiger partial charge in [0.2, 0.25) is 0 Å². The molecular weight excluding hydrogens is 288 g/mol. The van der Waals surface area contributed by atoms with E-state index in [1.165, 1.54) is 0 Å². The number of hydrogen-bond donors (Lipinski definition) is 0. The lowest BCUT2D eigenvalue weighted by molar-refractivity contribution is 0.482. The second kappa shape index (κ2) is 6.75. The molecule has 1 aromatic heterocycles. The molecule has 23 heavy (non-hydrogen) atoms. The third-order valence-corrected chi connectivity index (χ3v) is 3.42. The average Bonchev–Trinajstić information content (AvgIpc) is 3.00. The summed E-state index contributed by atoms with van der Waals surface area (Å²) >= 11 is 0. The van der Waals surface area contributed by atoms with Crippen molar-refractivity contribution < 1.29 is 4.74 Å². The van der Waals surface area contributed by atoms with Crippen molar-refractivity contribution in [2.24, 2.45) is 0 Å². The van der Waals surface area contributed by atoms with Crippen molar-refractivity contribution in [3.05, 3.63) is 66.0 Å². The minimum atomic E-state index is 0.386. The Labute approximate surface area is 134 Å². The van der Waals surface area contributed by atoms with Gasteiger partial charge in [0.1, 0.15) is 17.6 Å². The zero-order chi connectivity index (χ0) is 16.1. The molecule has 3 aromatic rings. The van der Waals surface area contributed by atoms with E-state index in [0.717, 1.165) is 35.7 Å². The Morgan fingerprint density at radius 1 is 1.04 bits per heavy atom. The predicted octanol–water partition coefficient (Wildman–Crippen LogP) is 3.88. The average molecular weight is 304 g/mol. The Hall–Kier alpha value is -3.13. The van der Waals surface area contributed by atoms with Crippen LogP contribution in [0, 0.1) is 11.3 Å². The number of ether oxygens (including phenoxy) is 1. The highest BCUT2D eigenvalue weighted by atomic mass is 16.5. The summed E-state index contributed by atoms with van der Waals surface area (Å²) in [6.07, 6.45) is 1.69. The van der Waals surface area contributed by atoms with Crippen molar-refractivity contribution in [2.45, 2.75) is 19.8 Å². The van der Waals surface area contributed by atoms with Crippen LogP contribution in [0.4, 0.5) is 0 Å². The summed E-state index contributed by atoms with van der Waals surface area (Å²) in [5, 5.41) is 17.2. The Bertz CT molecular complexity index is 816. The summed E-state index contributed by atoms with van der Waals surface area (Å²) < 4.78 is 7.49. The molecule has 0 amide bonds. The second-order valence-electron chi connectivity index (χ2n) is 5.07. The number of aromatic nitrogens is 3. The minimum Gasteiger partial charge on any atom is -0.457 e. The first kappa shape index (κ1) is 14.8. The van der Waals surface area contributed by atoms with Crippen molar-refractivity contribution >= 4 is 0 Å². The van der Waals surface area contributed by atoms with Gasteiger partial charge >= 0.3 is 0 Å². The Balaban J connectivity index is 1.85. The van der Waals surface area contributed by atoms with E-state index in [1.807, 2.05) is 54.6 Å². The normalized spacial score (nSPS) is 10.3. The maximum atomic E-state index is 9.13. The highest BCUT2D eigenvalue weighted by Crippen LogP contribution is 2.23. The molecule has 0 saturated heterocycles. The van der Waals surface area contributed by atoms with Crippen molar-refractivity contribution in [1.29, 1.82) is 5.26 Å². The third kappa shape index (κ3) is 3.22. The van der Waals surface area contributed by atoms with Gasteiger partial charge in [-0.2, -0.15) is 5.26 Å². The Morgan fingerprint density at radius 2 is 1.74 bits per heavy atom. The molecule has 0 unspecified atom stereocenters. The quantitative estimate of drug-likeness (QED) is 0.717. The van der Waals surface area contributed by atoms with Crippen LogP contribution in [-0.2, 0) is 6.42 Å². The van der Waals surface area contributed by atoms with Crippen molar-refractivity contribution in [1.82, 2.24) is 15.0 Å². The highest BCUT2D eigenvalue weighted by molar-refractivity contribution is 5.41. The van der Waals surface area contributed by atoms with Crippen LogP contribution >= 0.6 is 0 Å². The summed E-state index contributed by atoms with van der Waals surface area (Å²) in [7, 11) is 0. The lowest BCUT2D eigenvalue weighted by Crippen LogP contribution is -2.03. The smallest absolute Gasteiger partial charge is 0.186 e. The topological polar surface area (TPSA) is 63.7 Å². The molecule has 5 heteroatoms. The summed E-state index contributed by atoms with van der Waals surface area (Å²) in [6.45, 7) is 2.06. The molecule has 1 heterocycles. The number of rotatable bonds is 5. The summed E-state index contributed by atoms with van der Waals surface area (Å²) in [4.78, 5) is 0. The van der Waals surface area contributed by atoms with Crippen molar-refractivity contribution in [3.63, 3.8) is 0 Å². The molecule has 0 aliphatic heterocycles. The molecule has 0 spiro atoms. The van der Waals surface area contributed by atoms with Crippen LogP contribution < -0.4 is 4.74 Å². The van der Waals surface area contributed by atoms with Gasteiger partial charge in [0.05, 0.1) is 11.4 Å². The van der Waals surface area contributed by atoms with E-state index in [4.69, 9.17) is 10.00 Å². The van der Waals surface area contributed by atoms with Gasteiger partial charge < -0.3 is 4.74 Å². The van der Waals surface area contributed by atoms with E-state index < -0.39 is 0 Å². The fourth-order valence-corrected chi connectivity index (χ4v) is 2.34. The van der Waals surface area contributed by atoms with Crippen LogP contribution in [0.1, 0.15) is 24.7 Å². The van der Waals surface area contributed by atoms with Gasteiger partial charge in [0, 0.05) is 0 Å². The van der Waals surface area contributed by atoms with E-state index >= 15 is 0 Å². The van der Waals surface area contributed by atoms with E-state index in [0.29, 0.717) is 5.69 Å². The maximum Gasteiger partial charge on any atom is 0.186 e. The molecule has 0 radical (unpaired) electrons. The van der Waals surface area contributed by atoms with Gasteiger partial charge in [-0.05, 0) is 42.8 Å². The van der Waals surface area contributed by atoms with Gasteiger partial charge in [-0.1, -0.05) is 36.8 Å². The first-order valence-corrected chi connectivity index (χ1v) is 7.50. The van der Waals surface area contributed by atoms with Crippen LogP contribution in [-0.4, -0.2) is 15.0 Å². The van der Waals surface area contributed by atoms with Gasteiger partial charge in [-0.15, -0.1) is 5.10 Å². The van der Waals surface area contributed by atoms with Gasteiger partial charge in [0.15, 0.2) is 5.69 Å². The first-order chi connectivity index (χ1) is 11.3. The number of para-hydroxylation sites is 1. The lowest BCUT2D eigenvalue weighted by atomic mass is 10.2. The number of hydrogen-bond acceptors (Lipinski definition) is 4. The summed E-state index contributed by atoms with van der Waals surface area (Å²) in [5.41, 5.74) is 2.09. The molecule has 0 N–H and O–H groups in total. The Kier molecular flexibility index (Phi) is 4.34. The lowest BCUT2D eigenvalue weighted by Gasteiger charge is -2.08. The maximum absolute atomic E-state index is 9.13. The second-order valence-corrected chi connectivity index (χ2v) is 5.07. The van der Waals surface area contributed by atoms with Gasteiger partial charge in [0.25, 0.3) is 0 Å². The first-order valence-electron chi connectivity index (χ1n) is 7.50. The molecule has 0 atom stereocenters. The van der Waals surface area contributed by atoms with E-state index in [-0.39, 0.29) is 0 Å². The minimum absolute atomic E-state index is 0.386. The van der Waals surface area contributed by atoms with Crippen LogP contribution in [0.2, 0.25) is 0 Å². The number of nitrogens with zero attached hydrogens (tertiary/aromatic N) is 4. The highest BCUT2D eigenvalue weighted by Gasteiger charge is 2.13. The molecular formula is C18H16N4O. The molecule has 0 bridgehead atoms. The molecule has 3 rings (SSSR count). The monoisotopic (exact) mass is 304 g/mol. The molecule has 114 valence electrons. The van der Waals surface area contributed by atoms with E-state index in [2.05, 4.69) is 23.3 Å². The summed E-state index contributed by atoms with van der Waals surface area (Å²) in [6, 6.07) is 19.3. The largest absolute Gasteiger partial charge is 0.457 e. The molecule has 0 fully saturated rings. The van der Waals surface area contributed by atoms with Gasteiger partial charge in [-0.3, -0.25) is 0 Å². The van der Waals surface area contributed by atoms with Crippen LogP contribution in [0.15, 0.2) is 54.6 Å². The number of benzene rings is 2. The molecule has 0 aliphatic rings. The SMILES string of the molecule is CCCc1c(C#N)nnn1-c1ccc(Oc2ccccc2)cc1. The number of nitriles is 1. The fourth-order valence-electron chi connectivity index (χ4n) is 2.34. The van der Waals surface area contributed by atoms with Crippen LogP contribution in [0.3, 0.4) is 0 Å². The Morgan fingerprint density at radius 3 is 2.39 bits per heavy atom. The third-order valence-electron chi connectivity index (χ3n) is 3.42. The van der Waals surface area contributed by atoms with E-state index in [1.54, 1.807) is 4.68 Å².